The molecule has 0 atom stereocenters. The molecule has 0 saturated carbocycles. The van der Waals surface area contributed by atoms with Gasteiger partial charge in [-0.05, 0) is 44.1 Å². The zero-order valence-electron chi connectivity index (χ0n) is 14.9. The molecular weight excluding hydrogens is 318 g/mol. The highest BCUT2D eigenvalue weighted by Gasteiger charge is 2.38. The molecular formula is C23H21NSi. The highest BCUT2D eigenvalue weighted by atomic mass is 28.3. The normalized spacial score (nSPS) is 15.2. The van der Waals surface area contributed by atoms with E-state index in [9.17, 15) is 0 Å². The molecule has 0 bridgehead atoms. The van der Waals surface area contributed by atoms with Gasteiger partial charge in [0.1, 0.15) is 8.07 Å². The Balaban J connectivity index is 1.90. The molecule has 0 saturated heterocycles. The van der Waals surface area contributed by atoms with E-state index in [0.717, 1.165) is 0 Å². The van der Waals surface area contributed by atoms with Gasteiger partial charge in [0.15, 0.2) is 0 Å². The van der Waals surface area contributed by atoms with Gasteiger partial charge in [-0.2, -0.15) is 0 Å². The molecule has 5 rings (SSSR count). The van der Waals surface area contributed by atoms with Crippen molar-refractivity contribution >= 4 is 51.4 Å². The summed E-state index contributed by atoms with van der Waals surface area (Å²) in [5.41, 5.74) is 2.75. The third-order valence-corrected chi connectivity index (χ3v) is 9.31. The van der Waals surface area contributed by atoms with Crippen LogP contribution in [0.1, 0.15) is 0 Å². The minimum absolute atomic E-state index is 1.32. The Labute approximate surface area is 149 Å². The first-order chi connectivity index (χ1) is 12.1. The molecule has 0 radical (unpaired) electrons. The zero-order valence-corrected chi connectivity index (χ0v) is 15.9. The van der Waals surface area contributed by atoms with E-state index < -0.39 is 8.07 Å². The van der Waals surface area contributed by atoms with Crippen LogP contribution in [0.5, 0.6) is 0 Å². The molecule has 2 heteroatoms. The molecule has 122 valence electrons. The van der Waals surface area contributed by atoms with Gasteiger partial charge in [0, 0.05) is 18.4 Å². The summed E-state index contributed by atoms with van der Waals surface area (Å²) in [5, 5.41) is 8.54. The average Bonchev–Trinajstić information content (AvgIpc) is 2.64. The van der Waals surface area contributed by atoms with Crippen molar-refractivity contribution < 1.29 is 0 Å². The van der Waals surface area contributed by atoms with Crippen molar-refractivity contribution in [2.45, 2.75) is 13.1 Å². The maximum atomic E-state index is 2.50. The Morgan fingerprint density at radius 3 is 2.08 bits per heavy atom. The summed E-state index contributed by atoms with van der Waals surface area (Å²) in [7, 11) is 0.416. The predicted molar refractivity (Wildman–Crippen MR) is 113 cm³/mol. The van der Waals surface area contributed by atoms with Crippen LogP contribution in [0, 0.1) is 0 Å². The van der Waals surface area contributed by atoms with Crippen LogP contribution >= 0.6 is 0 Å². The van der Waals surface area contributed by atoms with Crippen molar-refractivity contribution in [3.8, 4) is 0 Å². The second-order valence-corrected chi connectivity index (χ2v) is 11.9. The molecule has 0 N–H and O–H groups in total. The first kappa shape index (κ1) is 14.7. The third-order valence-electron chi connectivity index (χ3n) is 5.79. The summed E-state index contributed by atoms with van der Waals surface area (Å²) < 4.78 is 0. The van der Waals surface area contributed by atoms with Crippen LogP contribution < -0.4 is 15.3 Å². The van der Waals surface area contributed by atoms with E-state index in [-0.39, 0.29) is 0 Å². The van der Waals surface area contributed by atoms with Gasteiger partial charge in [0.2, 0.25) is 0 Å². The van der Waals surface area contributed by atoms with Crippen molar-refractivity contribution in [2.24, 2.45) is 0 Å². The van der Waals surface area contributed by atoms with E-state index in [4.69, 9.17) is 0 Å². The number of hydrogen-bond acceptors (Lipinski definition) is 1. The summed E-state index contributed by atoms with van der Waals surface area (Å²) >= 11 is 0. The van der Waals surface area contributed by atoms with Gasteiger partial charge < -0.3 is 4.90 Å². The lowest BCUT2D eigenvalue weighted by Crippen LogP contribution is -2.59. The summed E-state index contributed by atoms with van der Waals surface area (Å²) in [6, 6.07) is 26.9. The van der Waals surface area contributed by atoms with Gasteiger partial charge in [-0.1, -0.05) is 73.8 Å². The van der Waals surface area contributed by atoms with E-state index in [1.165, 1.54) is 38.1 Å². The third kappa shape index (κ3) is 1.95. The summed E-state index contributed by atoms with van der Waals surface area (Å²) in [5.74, 6) is 0. The van der Waals surface area contributed by atoms with Crippen LogP contribution in [0.2, 0.25) is 13.1 Å². The van der Waals surface area contributed by atoms with E-state index >= 15 is 0 Å². The molecule has 1 nitrogen and oxygen atoms in total. The van der Waals surface area contributed by atoms with Crippen LogP contribution in [0.15, 0.2) is 72.8 Å². The predicted octanol–water partition coefficient (Wildman–Crippen LogP) is 4.90. The van der Waals surface area contributed by atoms with Gasteiger partial charge in [-0.3, -0.25) is 0 Å². The Morgan fingerprint density at radius 1 is 0.680 bits per heavy atom. The number of anilines is 2. The standard InChI is InChI=1S/C23H21NSi/c1-24-20-13-12-16-8-6-7-11-19(16)23(20)25(2,3)22-15-18-10-5-4-9-17(18)14-21(22)24/h4-15H,1-3H3. The lowest BCUT2D eigenvalue weighted by molar-refractivity contribution is 1.22. The van der Waals surface area contributed by atoms with Gasteiger partial charge in [0.25, 0.3) is 0 Å². The van der Waals surface area contributed by atoms with Crippen LogP contribution in [-0.2, 0) is 0 Å². The molecule has 0 aliphatic carbocycles. The van der Waals surface area contributed by atoms with Crippen LogP contribution in [0.3, 0.4) is 0 Å². The minimum Gasteiger partial charge on any atom is -0.345 e. The smallest absolute Gasteiger partial charge is 0.118 e. The molecule has 4 aromatic carbocycles. The first-order valence-corrected chi connectivity index (χ1v) is 11.9. The molecule has 0 fully saturated rings. The van der Waals surface area contributed by atoms with Gasteiger partial charge in [0.05, 0.1) is 0 Å². The van der Waals surface area contributed by atoms with Gasteiger partial charge in [-0.15, -0.1) is 0 Å². The molecule has 1 heterocycles. The monoisotopic (exact) mass is 339 g/mol. The molecule has 0 unspecified atom stereocenters. The molecule has 4 aromatic rings. The Morgan fingerprint density at radius 2 is 1.32 bits per heavy atom. The molecule has 1 aliphatic rings. The zero-order chi connectivity index (χ0) is 17.2. The highest BCUT2D eigenvalue weighted by molar-refractivity contribution is 7.04. The summed E-state index contributed by atoms with van der Waals surface area (Å²) in [6.07, 6.45) is 0. The minimum atomic E-state index is -1.80. The van der Waals surface area contributed by atoms with Crippen LogP contribution in [0.25, 0.3) is 21.5 Å². The lowest BCUT2D eigenvalue weighted by Gasteiger charge is -2.40. The first-order valence-electron chi connectivity index (χ1n) is 8.86. The van der Waals surface area contributed by atoms with Gasteiger partial charge in [-0.25, -0.2) is 0 Å². The number of nitrogens with zero attached hydrogens (tertiary/aromatic N) is 1. The Bertz CT molecular complexity index is 1140. The van der Waals surface area contributed by atoms with E-state index in [1.54, 1.807) is 5.19 Å². The molecule has 0 spiro atoms. The fraction of sp³-hybridized carbons (Fsp3) is 0.130. The second kappa shape index (κ2) is 4.96. The van der Waals surface area contributed by atoms with Crippen LogP contribution in [-0.4, -0.2) is 15.1 Å². The maximum absolute atomic E-state index is 2.50. The Hall–Kier alpha value is -2.58. The average molecular weight is 340 g/mol. The fourth-order valence-corrected chi connectivity index (χ4v) is 7.93. The fourth-order valence-electron chi connectivity index (χ4n) is 4.47. The summed E-state index contributed by atoms with van der Waals surface area (Å²) in [4.78, 5) is 2.39. The number of rotatable bonds is 0. The van der Waals surface area contributed by atoms with Crippen molar-refractivity contribution in [3.05, 3.63) is 72.8 Å². The van der Waals surface area contributed by atoms with Gasteiger partial charge >= 0.3 is 0 Å². The van der Waals surface area contributed by atoms with Crippen molar-refractivity contribution in [2.75, 3.05) is 11.9 Å². The topological polar surface area (TPSA) is 3.24 Å². The highest BCUT2D eigenvalue weighted by Crippen LogP contribution is 2.35. The second-order valence-electron chi connectivity index (χ2n) is 7.58. The maximum Gasteiger partial charge on any atom is 0.118 e. The SMILES string of the molecule is CN1c2cc3ccccc3cc2[Si](C)(C)c2c1ccc1ccccc21. The van der Waals surface area contributed by atoms with Crippen molar-refractivity contribution in [1.29, 1.82) is 0 Å². The van der Waals surface area contributed by atoms with E-state index in [0.29, 0.717) is 0 Å². The molecule has 0 aromatic heterocycles. The molecule has 25 heavy (non-hydrogen) atoms. The largest absolute Gasteiger partial charge is 0.345 e. The lowest BCUT2D eigenvalue weighted by atomic mass is 10.1. The van der Waals surface area contributed by atoms with Crippen molar-refractivity contribution in [3.63, 3.8) is 0 Å². The number of benzene rings is 4. The Kier molecular flexibility index (Phi) is 2.92. The van der Waals surface area contributed by atoms with Crippen molar-refractivity contribution in [1.82, 2.24) is 0 Å². The summed E-state index contributed by atoms with van der Waals surface area (Å²) in [6.45, 7) is 5.00. The number of fused-ring (bicyclic) bond motifs is 5. The quantitative estimate of drug-likeness (QED) is 0.412. The molecule has 1 aliphatic heterocycles. The van der Waals surface area contributed by atoms with Crippen LogP contribution in [0.4, 0.5) is 11.4 Å². The van der Waals surface area contributed by atoms with E-state index in [1.807, 2.05) is 0 Å². The van der Waals surface area contributed by atoms with E-state index in [2.05, 4.69) is 97.8 Å². The molecule has 0 amide bonds. The number of hydrogen-bond donors (Lipinski definition) is 0.